The molecule has 5 nitrogen and oxygen atoms in total. The van der Waals surface area contributed by atoms with Gasteiger partial charge in [0, 0.05) is 18.2 Å². The molecule has 0 bridgehead atoms. The molecule has 0 amide bonds. The summed E-state index contributed by atoms with van der Waals surface area (Å²) in [5.41, 5.74) is 2.87. The molecule has 5 heteroatoms. The molecule has 2 rings (SSSR count). The molecule has 1 N–H and O–H groups in total. The highest BCUT2D eigenvalue weighted by Crippen LogP contribution is 2.33. The largest absolute Gasteiger partial charge is 0.493 e. The Morgan fingerprint density at radius 1 is 1.09 bits per heavy atom. The maximum Gasteiger partial charge on any atom is 0.161 e. The van der Waals surface area contributed by atoms with Gasteiger partial charge in [-0.25, -0.2) is 4.98 Å². The number of hydrogen-bond donors (Lipinski definition) is 1. The Hall–Kier alpha value is -2.30. The van der Waals surface area contributed by atoms with Crippen molar-refractivity contribution >= 4 is 5.82 Å². The SMILES string of the molecule is COc1ccc(C(C)(C)CNc2nc(C)cnc2C)cc1OC. The van der Waals surface area contributed by atoms with E-state index in [0.29, 0.717) is 0 Å². The van der Waals surface area contributed by atoms with E-state index >= 15 is 0 Å². The summed E-state index contributed by atoms with van der Waals surface area (Å²) in [6, 6.07) is 6.03. The molecule has 0 unspecified atom stereocenters. The Labute approximate surface area is 138 Å². The first-order chi connectivity index (χ1) is 10.9. The van der Waals surface area contributed by atoms with Crippen LogP contribution in [0.4, 0.5) is 5.82 Å². The summed E-state index contributed by atoms with van der Waals surface area (Å²) >= 11 is 0. The zero-order valence-electron chi connectivity index (χ0n) is 14.7. The van der Waals surface area contributed by atoms with Crippen LogP contribution in [0, 0.1) is 13.8 Å². The zero-order valence-corrected chi connectivity index (χ0v) is 14.7. The van der Waals surface area contributed by atoms with Crippen molar-refractivity contribution in [2.24, 2.45) is 0 Å². The number of methoxy groups -OCH3 is 2. The van der Waals surface area contributed by atoms with E-state index in [1.807, 2.05) is 26.0 Å². The van der Waals surface area contributed by atoms with Crippen LogP contribution in [0.15, 0.2) is 24.4 Å². The molecule has 0 radical (unpaired) electrons. The summed E-state index contributed by atoms with van der Waals surface area (Å²) in [5.74, 6) is 2.31. The van der Waals surface area contributed by atoms with Crippen LogP contribution in [0.2, 0.25) is 0 Å². The van der Waals surface area contributed by atoms with Gasteiger partial charge in [0.2, 0.25) is 0 Å². The number of nitrogens with one attached hydrogen (secondary N) is 1. The first kappa shape index (κ1) is 17.1. The number of aromatic nitrogens is 2. The van der Waals surface area contributed by atoms with Gasteiger partial charge in [0.05, 0.1) is 25.6 Å². The predicted octanol–water partition coefficient (Wildman–Crippen LogP) is 3.50. The van der Waals surface area contributed by atoms with E-state index < -0.39 is 0 Å². The van der Waals surface area contributed by atoms with E-state index in [-0.39, 0.29) is 5.41 Å². The fourth-order valence-electron chi connectivity index (χ4n) is 2.37. The summed E-state index contributed by atoms with van der Waals surface area (Å²) in [4.78, 5) is 8.85. The number of aryl methyl sites for hydroxylation is 2. The molecule has 0 atom stereocenters. The van der Waals surface area contributed by atoms with Crippen LogP contribution in [0.3, 0.4) is 0 Å². The predicted molar refractivity (Wildman–Crippen MR) is 92.6 cm³/mol. The molecule has 1 aromatic heterocycles. The molecule has 1 heterocycles. The second-order valence-electron chi connectivity index (χ2n) is 6.25. The van der Waals surface area contributed by atoms with Crippen LogP contribution in [0.5, 0.6) is 11.5 Å². The van der Waals surface area contributed by atoms with Crippen molar-refractivity contribution in [2.45, 2.75) is 33.1 Å². The number of ether oxygens (including phenoxy) is 2. The lowest BCUT2D eigenvalue weighted by atomic mass is 9.84. The molecule has 124 valence electrons. The Morgan fingerprint density at radius 2 is 1.78 bits per heavy atom. The molecule has 2 aromatic rings. The minimum Gasteiger partial charge on any atom is -0.493 e. The molecule has 0 aliphatic carbocycles. The second kappa shape index (κ2) is 6.86. The molecular formula is C18H25N3O2. The molecular weight excluding hydrogens is 290 g/mol. The van der Waals surface area contributed by atoms with Gasteiger partial charge in [-0.1, -0.05) is 19.9 Å². The van der Waals surface area contributed by atoms with Crippen LogP contribution in [0.1, 0.15) is 30.8 Å². The van der Waals surface area contributed by atoms with Gasteiger partial charge in [0.25, 0.3) is 0 Å². The highest BCUT2D eigenvalue weighted by atomic mass is 16.5. The third-order valence-electron chi connectivity index (χ3n) is 3.94. The normalized spacial score (nSPS) is 11.2. The van der Waals surface area contributed by atoms with Crippen molar-refractivity contribution in [3.8, 4) is 11.5 Å². The molecule has 0 aliphatic heterocycles. The Kier molecular flexibility index (Phi) is 5.08. The van der Waals surface area contributed by atoms with E-state index in [4.69, 9.17) is 9.47 Å². The van der Waals surface area contributed by atoms with Gasteiger partial charge >= 0.3 is 0 Å². The number of rotatable bonds is 6. The first-order valence-corrected chi connectivity index (χ1v) is 7.64. The van der Waals surface area contributed by atoms with E-state index in [1.165, 1.54) is 5.56 Å². The fraction of sp³-hybridized carbons (Fsp3) is 0.444. The molecule has 0 aliphatic rings. The third kappa shape index (κ3) is 3.92. The second-order valence-corrected chi connectivity index (χ2v) is 6.25. The number of anilines is 1. The van der Waals surface area contributed by atoms with Crippen molar-refractivity contribution in [3.63, 3.8) is 0 Å². The Morgan fingerprint density at radius 3 is 2.43 bits per heavy atom. The van der Waals surface area contributed by atoms with Crippen LogP contribution in [-0.2, 0) is 5.41 Å². The lowest BCUT2D eigenvalue weighted by Crippen LogP contribution is -2.28. The number of hydrogen-bond acceptors (Lipinski definition) is 5. The summed E-state index contributed by atoms with van der Waals surface area (Å²) in [6.45, 7) is 9.00. The molecule has 23 heavy (non-hydrogen) atoms. The monoisotopic (exact) mass is 315 g/mol. The Balaban J connectivity index is 2.19. The van der Waals surface area contributed by atoms with E-state index in [9.17, 15) is 0 Å². The van der Waals surface area contributed by atoms with Gasteiger partial charge in [-0.05, 0) is 31.5 Å². The van der Waals surface area contributed by atoms with Crippen molar-refractivity contribution in [2.75, 3.05) is 26.1 Å². The minimum absolute atomic E-state index is 0.0998. The minimum atomic E-state index is -0.0998. The number of nitrogens with zero attached hydrogens (tertiary/aromatic N) is 2. The van der Waals surface area contributed by atoms with Gasteiger partial charge in [-0.3, -0.25) is 4.98 Å². The topological polar surface area (TPSA) is 56.3 Å². The average molecular weight is 315 g/mol. The molecule has 0 saturated carbocycles. The Bertz CT molecular complexity index is 684. The summed E-state index contributed by atoms with van der Waals surface area (Å²) in [7, 11) is 3.29. The third-order valence-corrected chi connectivity index (χ3v) is 3.94. The quantitative estimate of drug-likeness (QED) is 0.884. The fourth-order valence-corrected chi connectivity index (χ4v) is 2.37. The summed E-state index contributed by atoms with van der Waals surface area (Å²) in [6.07, 6.45) is 1.78. The highest BCUT2D eigenvalue weighted by Gasteiger charge is 2.22. The van der Waals surface area contributed by atoms with E-state index in [2.05, 4.69) is 35.2 Å². The van der Waals surface area contributed by atoms with Crippen molar-refractivity contribution < 1.29 is 9.47 Å². The lowest BCUT2D eigenvalue weighted by molar-refractivity contribution is 0.353. The smallest absolute Gasteiger partial charge is 0.161 e. The first-order valence-electron chi connectivity index (χ1n) is 7.64. The van der Waals surface area contributed by atoms with Gasteiger partial charge < -0.3 is 14.8 Å². The zero-order chi connectivity index (χ0) is 17.0. The van der Waals surface area contributed by atoms with Crippen LogP contribution < -0.4 is 14.8 Å². The summed E-state index contributed by atoms with van der Waals surface area (Å²) in [5, 5.41) is 3.41. The van der Waals surface area contributed by atoms with Crippen LogP contribution in [0.25, 0.3) is 0 Å². The van der Waals surface area contributed by atoms with E-state index in [1.54, 1.807) is 20.4 Å². The average Bonchev–Trinajstić information content (AvgIpc) is 2.55. The molecule has 1 aromatic carbocycles. The van der Waals surface area contributed by atoms with Gasteiger partial charge in [0.15, 0.2) is 11.5 Å². The van der Waals surface area contributed by atoms with Gasteiger partial charge in [-0.2, -0.15) is 0 Å². The maximum atomic E-state index is 5.40. The van der Waals surface area contributed by atoms with E-state index in [0.717, 1.165) is 35.2 Å². The highest BCUT2D eigenvalue weighted by molar-refractivity contribution is 5.46. The van der Waals surface area contributed by atoms with Gasteiger partial charge in [-0.15, -0.1) is 0 Å². The van der Waals surface area contributed by atoms with Crippen molar-refractivity contribution in [1.29, 1.82) is 0 Å². The van der Waals surface area contributed by atoms with Crippen molar-refractivity contribution in [1.82, 2.24) is 9.97 Å². The molecule has 0 spiro atoms. The van der Waals surface area contributed by atoms with Gasteiger partial charge in [0.1, 0.15) is 5.82 Å². The lowest BCUT2D eigenvalue weighted by Gasteiger charge is -2.27. The van der Waals surface area contributed by atoms with Crippen LogP contribution in [-0.4, -0.2) is 30.7 Å². The molecule has 0 fully saturated rings. The number of benzene rings is 1. The maximum absolute atomic E-state index is 5.40. The van der Waals surface area contributed by atoms with Crippen molar-refractivity contribution in [3.05, 3.63) is 41.3 Å². The summed E-state index contributed by atoms with van der Waals surface area (Å²) < 4.78 is 10.7. The van der Waals surface area contributed by atoms with Crippen LogP contribution >= 0.6 is 0 Å². The standard InChI is InChI=1S/C18H25N3O2/c1-12-10-19-13(2)17(21-12)20-11-18(3,4)14-7-8-15(22-5)16(9-14)23-6/h7-10H,11H2,1-6H3,(H,20,21). The molecule has 0 saturated heterocycles.